The van der Waals surface area contributed by atoms with E-state index in [0.29, 0.717) is 12.2 Å². The molecule has 0 saturated heterocycles. The van der Waals surface area contributed by atoms with E-state index in [4.69, 9.17) is 0 Å². The van der Waals surface area contributed by atoms with Crippen LogP contribution in [0.5, 0.6) is 0 Å². The van der Waals surface area contributed by atoms with E-state index >= 15 is 0 Å². The molecule has 0 amide bonds. The minimum atomic E-state index is -3.84. The molecule has 0 fully saturated rings. The Morgan fingerprint density at radius 1 is 1.30 bits per heavy atom. The molecule has 0 spiro atoms. The molecule has 0 aliphatic heterocycles. The lowest BCUT2D eigenvalue weighted by Crippen LogP contribution is -2.40. The Labute approximate surface area is 118 Å². The van der Waals surface area contributed by atoms with Gasteiger partial charge in [0.15, 0.2) is 0 Å². The van der Waals surface area contributed by atoms with Crippen molar-refractivity contribution in [3.63, 3.8) is 0 Å². The minimum Gasteiger partial charge on any atom is -0.384 e. The molecule has 0 saturated carbocycles. The molecule has 0 aliphatic rings. The molecular weight excluding hydrogens is 282 g/mol. The zero-order valence-electron chi connectivity index (χ0n) is 11.9. The number of anilines is 1. The summed E-state index contributed by atoms with van der Waals surface area (Å²) in [6.45, 7) is 7.43. The number of rotatable bonds is 5. The third-order valence-electron chi connectivity index (χ3n) is 2.27. The van der Waals surface area contributed by atoms with Crippen molar-refractivity contribution in [2.75, 3.05) is 11.9 Å². The van der Waals surface area contributed by atoms with Gasteiger partial charge in [-0.2, -0.15) is 0 Å². The Kier molecular flexibility index (Phi) is 4.72. The maximum Gasteiger partial charge on any atom is 0.270 e. The van der Waals surface area contributed by atoms with E-state index < -0.39 is 20.5 Å². The third kappa shape index (κ3) is 4.17. The summed E-state index contributed by atoms with van der Waals surface area (Å²) in [5.41, 5.74) is -0.594. The number of sulfonamides is 1. The molecule has 0 radical (unpaired) electrons. The Morgan fingerprint density at radius 3 is 2.35 bits per heavy atom. The molecule has 1 aromatic rings. The van der Waals surface area contributed by atoms with E-state index in [-0.39, 0.29) is 10.6 Å². The molecule has 7 nitrogen and oxygen atoms in total. The number of nitro groups is 1. The van der Waals surface area contributed by atoms with Crippen molar-refractivity contribution >= 4 is 21.4 Å². The lowest BCUT2D eigenvalue weighted by molar-refractivity contribution is -0.385. The Balaban J connectivity index is 3.39. The standard InChI is InChI=1S/C12H19N3O4S/c1-5-13-10-7-6-9(15(16)17)8-11(10)20(18,19)14-12(2,3)4/h6-8,13-14H,5H2,1-4H3. The van der Waals surface area contributed by atoms with Crippen LogP contribution >= 0.6 is 0 Å². The number of nitro benzene ring substituents is 1. The van der Waals surface area contributed by atoms with Crippen molar-refractivity contribution in [2.24, 2.45) is 0 Å². The van der Waals surface area contributed by atoms with Crippen molar-refractivity contribution in [3.05, 3.63) is 28.3 Å². The smallest absolute Gasteiger partial charge is 0.270 e. The van der Waals surface area contributed by atoms with Crippen LogP contribution < -0.4 is 10.0 Å². The van der Waals surface area contributed by atoms with E-state index in [1.54, 1.807) is 20.8 Å². The van der Waals surface area contributed by atoms with E-state index in [1.807, 2.05) is 6.92 Å². The van der Waals surface area contributed by atoms with Crippen LogP contribution in [0.3, 0.4) is 0 Å². The second kappa shape index (κ2) is 5.76. The van der Waals surface area contributed by atoms with Gasteiger partial charge in [-0.1, -0.05) is 0 Å². The molecule has 0 unspecified atom stereocenters. The lowest BCUT2D eigenvalue weighted by atomic mass is 10.1. The second-order valence-corrected chi connectivity index (χ2v) is 6.97. The lowest BCUT2D eigenvalue weighted by Gasteiger charge is -2.21. The summed E-state index contributed by atoms with van der Waals surface area (Å²) in [6.07, 6.45) is 0. The average Bonchev–Trinajstić information content (AvgIpc) is 2.26. The molecule has 0 bridgehead atoms. The van der Waals surface area contributed by atoms with Gasteiger partial charge in [0.05, 0.1) is 10.6 Å². The molecule has 8 heteroatoms. The van der Waals surface area contributed by atoms with E-state index in [2.05, 4.69) is 10.0 Å². The molecule has 0 heterocycles. The van der Waals surface area contributed by atoms with E-state index in [1.165, 1.54) is 12.1 Å². The largest absolute Gasteiger partial charge is 0.384 e. The van der Waals surface area contributed by atoms with Crippen molar-refractivity contribution in [2.45, 2.75) is 38.1 Å². The fraction of sp³-hybridized carbons (Fsp3) is 0.500. The van der Waals surface area contributed by atoms with Gasteiger partial charge in [0.1, 0.15) is 4.90 Å². The van der Waals surface area contributed by atoms with Gasteiger partial charge < -0.3 is 5.32 Å². The first-order chi connectivity index (χ1) is 9.07. The summed E-state index contributed by atoms with van der Waals surface area (Å²) in [5.74, 6) is 0. The first kappa shape index (κ1) is 16.4. The second-order valence-electron chi connectivity index (χ2n) is 5.32. The predicted molar refractivity (Wildman–Crippen MR) is 77.3 cm³/mol. The Hall–Kier alpha value is -1.67. The van der Waals surface area contributed by atoms with Crippen LogP contribution in [0, 0.1) is 10.1 Å². The fourth-order valence-corrected chi connectivity index (χ4v) is 3.26. The zero-order chi connectivity index (χ0) is 15.6. The fourth-order valence-electron chi connectivity index (χ4n) is 1.64. The van der Waals surface area contributed by atoms with Crippen molar-refractivity contribution in [3.8, 4) is 0 Å². The van der Waals surface area contributed by atoms with Crippen LogP contribution in [0.15, 0.2) is 23.1 Å². The molecule has 0 atom stereocenters. The van der Waals surface area contributed by atoms with E-state index in [9.17, 15) is 18.5 Å². The highest BCUT2D eigenvalue weighted by atomic mass is 32.2. The van der Waals surface area contributed by atoms with Gasteiger partial charge in [0, 0.05) is 24.2 Å². The Bertz CT molecular complexity index is 606. The summed E-state index contributed by atoms with van der Waals surface area (Å²) in [5, 5.41) is 13.7. The number of nitrogens with one attached hydrogen (secondary N) is 2. The normalized spacial score (nSPS) is 12.2. The summed E-state index contributed by atoms with van der Waals surface area (Å²) < 4.78 is 27.2. The highest BCUT2D eigenvalue weighted by Gasteiger charge is 2.26. The van der Waals surface area contributed by atoms with Gasteiger partial charge in [0.25, 0.3) is 5.69 Å². The summed E-state index contributed by atoms with van der Waals surface area (Å²) in [6, 6.07) is 3.74. The summed E-state index contributed by atoms with van der Waals surface area (Å²) in [4.78, 5) is 10.1. The highest BCUT2D eigenvalue weighted by molar-refractivity contribution is 7.89. The van der Waals surface area contributed by atoms with Gasteiger partial charge in [0.2, 0.25) is 10.0 Å². The van der Waals surface area contributed by atoms with Crippen LogP contribution in [0.4, 0.5) is 11.4 Å². The number of nitrogens with zero attached hydrogens (tertiary/aromatic N) is 1. The number of benzene rings is 1. The van der Waals surface area contributed by atoms with Gasteiger partial charge in [-0.15, -0.1) is 0 Å². The van der Waals surface area contributed by atoms with E-state index in [0.717, 1.165) is 6.07 Å². The predicted octanol–water partition coefficient (Wildman–Crippen LogP) is 2.10. The molecule has 1 rings (SSSR count). The van der Waals surface area contributed by atoms with Gasteiger partial charge >= 0.3 is 0 Å². The molecule has 0 aromatic heterocycles. The maximum atomic E-state index is 12.3. The number of hydrogen-bond acceptors (Lipinski definition) is 5. The van der Waals surface area contributed by atoms with Crippen LogP contribution in [0.25, 0.3) is 0 Å². The topological polar surface area (TPSA) is 101 Å². The number of hydrogen-bond donors (Lipinski definition) is 2. The monoisotopic (exact) mass is 301 g/mol. The molecule has 2 N–H and O–H groups in total. The summed E-state index contributed by atoms with van der Waals surface area (Å²) >= 11 is 0. The maximum absolute atomic E-state index is 12.3. The first-order valence-corrected chi connectivity index (χ1v) is 7.61. The van der Waals surface area contributed by atoms with Crippen LogP contribution in [0.2, 0.25) is 0 Å². The third-order valence-corrected chi connectivity index (χ3v) is 4.07. The van der Waals surface area contributed by atoms with Gasteiger partial charge in [-0.05, 0) is 33.8 Å². The average molecular weight is 301 g/mol. The van der Waals surface area contributed by atoms with Gasteiger partial charge in [-0.3, -0.25) is 10.1 Å². The summed E-state index contributed by atoms with van der Waals surface area (Å²) in [7, 11) is -3.84. The Morgan fingerprint density at radius 2 is 1.90 bits per heavy atom. The molecular formula is C12H19N3O4S. The first-order valence-electron chi connectivity index (χ1n) is 6.13. The molecule has 20 heavy (non-hydrogen) atoms. The van der Waals surface area contributed by atoms with Gasteiger partial charge in [-0.25, -0.2) is 13.1 Å². The number of non-ortho nitro benzene ring substituents is 1. The quantitative estimate of drug-likeness (QED) is 0.640. The van der Waals surface area contributed by atoms with Crippen molar-refractivity contribution in [1.29, 1.82) is 0 Å². The molecule has 112 valence electrons. The van der Waals surface area contributed by atoms with Crippen LogP contribution in [-0.2, 0) is 10.0 Å². The molecule has 0 aliphatic carbocycles. The zero-order valence-corrected chi connectivity index (χ0v) is 12.7. The minimum absolute atomic E-state index is 0.122. The van der Waals surface area contributed by atoms with Crippen LogP contribution in [-0.4, -0.2) is 25.4 Å². The van der Waals surface area contributed by atoms with Crippen LogP contribution in [0.1, 0.15) is 27.7 Å². The van der Waals surface area contributed by atoms with Crippen molar-refractivity contribution < 1.29 is 13.3 Å². The highest BCUT2D eigenvalue weighted by Crippen LogP contribution is 2.27. The SMILES string of the molecule is CCNc1ccc([N+](=O)[O-])cc1S(=O)(=O)NC(C)(C)C. The molecule has 1 aromatic carbocycles. The van der Waals surface area contributed by atoms with Crippen molar-refractivity contribution in [1.82, 2.24) is 4.72 Å².